The number of aromatic nitrogens is 3. The number of carbonyl (C=O) groups excluding carboxylic acids is 1. The number of hydrogen-bond donors (Lipinski definition) is 1. The molecule has 3 heterocycles. The Balaban J connectivity index is 1.53. The number of fused-ring (bicyclic) bond motifs is 1. The van der Waals surface area contributed by atoms with Gasteiger partial charge in [0.2, 0.25) is 5.91 Å². The Hall–Kier alpha value is -2.25. The maximum atomic E-state index is 12.8. The van der Waals surface area contributed by atoms with E-state index < -0.39 is 0 Å². The first kappa shape index (κ1) is 20.0. The Morgan fingerprint density at radius 1 is 1.21 bits per heavy atom. The van der Waals surface area contributed by atoms with Crippen LogP contribution in [0.1, 0.15) is 56.9 Å². The first-order valence-corrected chi connectivity index (χ1v) is 10.6. The molecule has 1 aromatic heterocycles. The first-order chi connectivity index (χ1) is 13.9. The molecule has 2 aromatic rings. The fraction of sp³-hybridized carbons (Fsp3) is 0.591. The lowest BCUT2D eigenvalue weighted by Gasteiger charge is -2.34. The van der Waals surface area contributed by atoms with Crippen LogP contribution in [0.5, 0.6) is 0 Å². The van der Waals surface area contributed by atoms with Crippen molar-refractivity contribution < 1.29 is 9.90 Å². The molecule has 2 atom stereocenters. The molecule has 1 amide bonds. The fourth-order valence-electron chi connectivity index (χ4n) is 4.32. The van der Waals surface area contributed by atoms with Crippen LogP contribution in [-0.2, 0) is 24.4 Å². The van der Waals surface area contributed by atoms with Crippen LogP contribution >= 0.6 is 0 Å². The van der Waals surface area contributed by atoms with Crippen LogP contribution in [0.25, 0.3) is 0 Å². The van der Waals surface area contributed by atoms with Gasteiger partial charge in [-0.15, -0.1) is 10.2 Å². The Morgan fingerprint density at radius 2 is 1.97 bits per heavy atom. The Morgan fingerprint density at radius 3 is 2.69 bits per heavy atom. The predicted octanol–water partition coefficient (Wildman–Crippen LogP) is 2.36. The number of rotatable bonds is 5. The molecule has 0 spiro atoms. The van der Waals surface area contributed by atoms with Gasteiger partial charge in [-0.05, 0) is 18.4 Å². The monoisotopic (exact) mass is 397 g/mol. The van der Waals surface area contributed by atoms with Crippen molar-refractivity contribution >= 4 is 5.91 Å². The quantitative estimate of drug-likeness (QED) is 0.838. The minimum atomic E-state index is -0.358. The molecule has 7 nitrogen and oxygen atoms in total. The molecular weight excluding hydrogens is 366 g/mol. The molecule has 7 heteroatoms. The van der Waals surface area contributed by atoms with E-state index in [4.69, 9.17) is 0 Å². The maximum Gasteiger partial charge on any atom is 0.228 e. The van der Waals surface area contributed by atoms with Crippen LogP contribution in [0.15, 0.2) is 30.3 Å². The molecule has 0 bridgehead atoms. The van der Waals surface area contributed by atoms with E-state index in [1.54, 1.807) is 0 Å². The molecule has 29 heavy (non-hydrogen) atoms. The van der Waals surface area contributed by atoms with Gasteiger partial charge in [-0.3, -0.25) is 9.69 Å². The molecule has 1 N–H and O–H groups in total. The van der Waals surface area contributed by atoms with Gasteiger partial charge in [-0.25, -0.2) is 0 Å². The number of carbonyl (C=O) groups is 1. The summed E-state index contributed by atoms with van der Waals surface area (Å²) < 4.78 is 2.16. The molecule has 1 aromatic carbocycles. The van der Waals surface area contributed by atoms with Crippen molar-refractivity contribution in [2.24, 2.45) is 5.41 Å². The van der Waals surface area contributed by atoms with E-state index in [0.29, 0.717) is 32.6 Å². The van der Waals surface area contributed by atoms with Crippen molar-refractivity contribution in [1.82, 2.24) is 24.6 Å². The lowest BCUT2D eigenvalue weighted by Crippen LogP contribution is -2.45. The van der Waals surface area contributed by atoms with Gasteiger partial charge in [-0.1, -0.05) is 51.1 Å². The second kappa shape index (κ2) is 7.88. The molecule has 156 valence electrons. The van der Waals surface area contributed by atoms with E-state index in [1.165, 1.54) is 5.56 Å². The fourth-order valence-corrected chi connectivity index (χ4v) is 4.32. The highest BCUT2D eigenvalue weighted by Crippen LogP contribution is 2.34. The molecule has 0 unspecified atom stereocenters. The summed E-state index contributed by atoms with van der Waals surface area (Å²) in [5.74, 6) is 1.93. The van der Waals surface area contributed by atoms with E-state index in [9.17, 15) is 9.90 Å². The Kier molecular flexibility index (Phi) is 5.44. The van der Waals surface area contributed by atoms with E-state index in [1.807, 2.05) is 36.9 Å². The number of amides is 1. The van der Waals surface area contributed by atoms with E-state index in [2.05, 4.69) is 38.7 Å². The summed E-state index contributed by atoms with van der Waals surface area (Å²) in [7, 11) is 0. The molecule has 0 saturated carbocycles. The maximum absolute atomic E-state index is 12.8. The van der Waals surface area contributed by atoms with Gasteiger partial charge in [0.25, 0.3) is 0 Å². The van der Waals surface area contributed by atoms with Crippen molar-refractivity contribution in [1.29, 1.82) is 0 Å². The number of benzene rings is 1. The number of β-amino-alcohol motifs (C(OH)–C–C–N with tert-alkyl or cyclic N) is 1. The SMILES string of the molecule is CCC(C)(C)C(=O)N1CCn2c(nnc2[C@@H]2C[C@@H](O)CN2Cc2ccccc2)C1. The van der Waals surface area contributed by atoms with Gasteiger partial charge in [0, 0.05) is 31.6 Å². The van der Waals surface area contributed by atoms with Crippen molar-refractivity contribution in [3.8, 4) is 0 Å². The number of likely N-dealkylation sites (tertiary alicyclic amines) is 1. The topological polar surface area (TPSA) is 74.5 Å². The van der Waals surface area contributed by atoms with Gasteiger partial charge >= 0.3 is 0 Å². The van der Waals surface area contributed by atoms with Gasteiger partial charge < -0.3 is 14.6 Å². The molecule has 1 fully saturated rings. The zero-order valence-electron chi connectivity index (χ0n) is 17.6. The lowest BCUT2D eigenvalue weighted by molar-refractivity contribution is -0.142. The molecule has 0 radical (unpaired) electrons. The first-order valence-electron chi connectivity index (χ1n) is 10.6. The van der Waals surface area contributed by atoms with Crippen molar-refractivity contribution in [3.05, 3.63) is 47.5 Å². The van der Waals surface area contributed by atoms with Crippen molar-refractivity contribution in [2.75, 3.05) is 13.1 Å². The Labute approximate surface area is 172 Å². The molecule has 2 aliphatic heterocycles. The number of nitrogens with zero attached hydrogens (tertiary/aromatic N) is 5. The van der Waals surface area contributed by atoms with Gasteiger partial charge in [0.15, 0.2) is 11.6 Å². The number of aliphatic hydroxyl groups is 1. The average molecular weight is 398 g/mol. The van der Waals surface area contributed by atoms with Gasteiger partial charge in [0.1, 0.15) is 0 Å². The van der Waals surface area contributed by atoms with E-state index in [0.717, 1.165) is 24.6 Å². The average Bonchev–Trinajstić information content (AvgIpc) is 3.30. The number of hydrogen-bond acceptors (Lipinski definition) is 5. The lowest BCUT2D eigenvalue weighted by atomic mass is 9.88. The summed E-state index contributed by atoms with van der Waals surface area (Å²) in [5, 5.41) is 19.3. The third-order valence-corrected chi connectivity index (χ3v) is 6.44. The summed E-state index contributed by atoms with van der Waals surface area (Å²) in [6.45, 7) is 9.35. The van der Waals surface area contributed by atoms with Crippen LogP contribution in [0.2, 0.25) is 0 Å². The summed E-state index contributed by atoms with van der Waals surface area (Å²) in [5.41, 5.74) is 0.871. The largest absolute Gasteiger partial charge is 0.392 e. The van der Waals surface area contributed by atoms with Crippen molar-refractivity contribution in [2.45, 2.75) is 65.4 Å². The van der Waals surface area contributed by atoms with E-state index in [-0.39, 0.29) is 23.5 Å². The normalized spacial score (nSPS) is 22.7. The van der Waals surface area contributed by atoms with Gasteiger partial charge in [0.05, 0.1) is 18.7 Å². The van der Waals surface area contributed by atoms with Crippen LogP contribution < -0.4 is 0 Å². The smallest absolute Gasteiger partial charge is 0.228 e. The zero-order chi connectivity index (χ0) is 20.6. The predicted molar refractivity (Wildman–Crippen MR) is 110 cm³/mol. The highest BCUT2D eigenvalue weighted by molar-refractivity contribution is 5.81. The van der Waals surface area contributed by atoms with Crippen LogP contribution in [0.4, 0.5) is 0 Å². The molecule has 2 aliphatic rings. The van der Waals surface area contributed by atoms with Crippen LogP contribution in [-0.4, -0.2) is 54.8 Å². The molecule has 0 aliphatic carbocycles. The summed E-state index contributed by atoms with van der Waals surface area (Å²) >= 11 is 0. The molecular formula is C22H31N5O2. The minimum Gasteiger partial charge on any atom is -0.392 e. The summed E-state index contributed by atoms with van der Waals surface area (Å²) in [4.78, 5) is 17.0. The highest BCUT2D eigenvalue weighted by atomic mass is 16.3. The zero-order valence-corrected chi connectivity index (χ0v) is 17.6. The summed E-state index contributed by atoms with van der Waals surface area (Å²) in [6.07, 6.45) is 1.12. The van der Waals surface area contributed by atoms with Crippen LogP contribution in [0.3, 0.4) is 0 Å². The standard InChI is InChI=1S/C22H31N5O2/c1-4-22(2,3)21(29)25-10-11-27-19(15-25)23-24-20(27)18-12-17(28)14-26(18)13-16-8-6-5-7-9-16/h5-9,17-18,28H,4,10-15H2,1-3H3/t17-,18+/m1/s1. The second-order valence-electron chi connectivity index (χ2n) is 8.91. The molecule has 1 saturated heterocycles. The van der Waals surface area contributed by atoms with E-state index >= 15 is 0 Å². The number of aliphatic hydroxyl groups excluding tert-OH is 1. The Bertz CT molecular complexity index is 863. The third kappa shape index (κ3) is 3.94. The third-order valence-electron chi connectivity index (χ3n) is 6.44. The summed E-state index contributed by atoms with van der Waals surface area (Å²) in [6, 6.07) is 10.4. The highest BCUT2D eigenvalue weighted by Gasteiger charge is 2.38. The van der Waals surface area contributed by atoms with Crippen molar-refractivity contribution in [3.63, 3.8) is 0 Å². The van der Waals surface area contributed by atoms with Crippen LogP contribution in [0, 0.1) is 5.41 Å². The van der Waals surface area contributed by atoms with Gasteiger partial charge in [-0.2, -0.15) is 0 Å². The molecule has 4 rings (SSSR count). The minimum absolute atomic E-state index is 0.0424. The second-order valence-corrected chi connectivity index (χ2v) is 8.91.